The Morgan fingerprint density at radius 3 is 2.12 bits per heavy atom. The van der Waals surface area contributed by atoms with Crippen molar-refractivity contribution in [1.29, 1.82) is 0 Å². The summed E-state index contributed by atoms with van der Waals surface area (Å²) in [4.78, 5) is 9.56. The monoisotopic (exact) mass is 425 g/mol. The van der Waals surface area contributed by atoms with E-state index in [1.54, 1.807) is 11.1 Å². The lowest BCUT2D eigenvalue weighted by molar-refractivity contribution is 0.0789. The lowest BCUT2D eigenvalue weighted by Gasteiger charge is -2.42. The van der Waals surface area contributed by atoms with Crippen molar-refractivity contribution in [1.82, 2.24) is 14.8 Å². The predicted octanol–water partition coefficient (Wildman–Crippen LogP) is 5.00. The predicted molar refractivity (Wildman–Crippen MR) is 132 cm³/mol. The number of hydrogen-bond donors (Lipinski definition) is 0. The highest BCUT2D eigenvalue weighted by atomic mass is 15.2. The number of likely N-dealkylation sites (tertiary alicyclic amines) is 1. The van der Waals surface area contributed by atoms with E-state index in [2.05, 4.69) is 88.6 Å². The first-order chi connectivity index (χ1) is 15.8. The van der Waals surface area contributed by atoms with Crippen LogP contribution >= 0.6 is 0 Å². The number of nitrogens with zero attached hydrogens (tertiary/aromatic N) is 3. The smallest absolute Gasteiger partial charge is 0.0271 e. The lowest BCUT2D eigenvalue weighted by atomic mass is 9.84. The van der Waals surface area contributed by atoms with Crippen LogP contribution in [0.2, 0.25) is 0 Å². The Morgan fingerprint density at radius 1 is 0.844 bits per heavy atom. The number of fused-ring (bicyclic) bond motifs is 1. The Kier molecular flexibility index (Phi) is 6.66. The van der Waals surface area contributed by atoms with Gasteiger partial charge in [-0.05, 0) is 92.5 Å². The summed E-state index contributed by atoms with van der Waals surface area (Å²) in [6.07, 6.45) is 10.0. The first-order valence-corrected chi connectivity index (χ1v) is 12.2. The second-order valence-corrected chi connectivity index (χ2v) is 9.73. The van der Waals surface area contributed by atoms with Gasteiger partial charge in [-0.3, -0.25) is 14.8 Å². The fraction of sp³-hybridized carbons (Fsp3) is 0.414. The zero-order valence-electron chi connectivity index (χ0n) is 19.2. The molecule has 0 N–H and O–H groups in total. The highest BCUT2D eigenvalue weighted by Gasteiger charge is 2.33. The van der Waals surface area contributed by atoms with Crippen molar-refractivity contribution in [3.8, 4) is 0 Å². The summed E-state index contributed by atoms with van der Waals surface area (Å²) in [5.74, 6) is 0.738. The molecule has 2 heterocycles. The van der Waals surface area contributed by atoms with E-state index in [4.69, 9.17) is 0 Å². The van der Waals surface area contributed by atoms with Crippen molar-refractivity contribution >= 4 is 0 Å². The molecule has 1 atom stereocenters. The Labute approximate surface area is 193 Å². The van der Waals surface area contributed by atoms with Crippen molar-refractivity contribution < 1.29 is 0 Å². The number of piperidine rings is 1. The van der Waals surface area contributed by atoms with Crippen LogP contribution in [0.15, 0.2) is 79.1 Å². The van der Waals surface area contributed by atoms with Crippen molar-refractivity contribution in [3.05, 3.63) is 101 Å². The molecule has 3 heteroatoms. The minimum atomic E-state index is 0.563. The molecule has 1 aliphatic carbocycles. The largest absolute Gasteiger partial charge is 0.300 e. The fourth-order valence-corrected chi connectivity index (χ4v) is 5.89. The molecule has 5 rings (SSSR count). The van der Waals surface area contributed by atoms with E-state index in [1.165, 1.54) is 49.9 Å². The molecule has 0 bridgehead atoms. The fourth-order valence-electron chi connectivity index (χ4n) is 5.89. The van der Waals surface area contributed by atoms with E-state index in [0.717, 1.165) is 18.9 Å². The van der Waals surface area contributed by atoms with E-state index in [9.17, 15) is 0 Å². The first kappa shape index (κ1) is 21.4. The van der Waals surface area contributed by atoms with Gasteiger partial charge < -0.3 is 0 Å². The van der Waals surface area contributed by atoms with Gasteiger partial charge in [-0.25, -0.2) is 0 Å². The summed E-state index contributed by atoms with van der Waals surface area (Å²) in [5, 5.41) is 0. The molecule has 1 aromatic heterocycles. The van der Waals surface area contributed by atoms with Crippen LogP contribution in [0.5, 0.6) is 0 Å². The average Bonchev–Trinajstić information content (AvgIpc) is 3.28. The summed E-state index contributed by atoms with van der Waals surface area (Å²) in [5.41, 5.74) is 5.94. The van der Waals surface area contributed by atoms with Crippen molar-refractivity contribution in [2.24, 2.45) is 5.92 Å². The summed E-state index contributed by atoms with van der Waals surface area (Å²) >= 11 is 0. The molecule has 0 unspecified atom stereocenters. The molecule has 0 amide bonds. The SMILES string of the molecule is CN(Cc1ccncc1)[C@H](Cc1ccccc1)C1CCN(C2Cc3ccccc3C2)CC1. The minimum Gasteiger partial charge on any atom is -0.300 e. The van der Waals surface area contributed by atoms with Crippen molar-refractivity contribution in [2.45, 2.75) is 50.7 Å². The molecule has 1 aliphatic heterocycles. The summed E-state index contributed by atoms with van der Waals surface area (Å²) in [6, 6.07) is 25.7. The van der Waals surface area contributed by atoms with E-state index >= 15 is 0 Å². The van der Waals surface area contributed by atoms with Gasteiger partial charge in [-0.2, -0.15) is 0 Å². The van der Waals surface area contributed by atoms with Crippen LogP contribution in [0.25, 0.3) is 0 Å². The number of likely N-dealkylation sites (N-methyl/N-ethyl adjacent to an activating group) is 1. The standard InChI is InChI=1S/C29H35N3/c1-31(22-24-11-15-30-16-12-24)29(19-23-7-3-2-4-8-23)25-13-17-32(18-14-25)28-20-26-9-5-6-10-27(26)21-28/h2-12,15-16,25,28-29H,13-14,17-22H2,1H3/t29-/m1/s1. The Bertz CT molecular complexity index is 955. The second-order valence-electron chi connectivity index (χ2n) is 9.73. The van der Waals surface area contributed by atoms with Crippen molar-refractivity contribution in [2.75, 3.05) is 20.1 Å². The molecule has 3 nitrogen and oxygen atoms in total. The third-order valence-corrected chi connectivity index (χ3v) is 7.70. The van der Waals surface area contributed by atoms with Gasteiger partial charge in [0, 0.05) is 31.0 Å². The number of rotatable bonds is 7. The average molecular weight is 426 g/mol. The molecule has 2 aromatic carbocycles. The van der Waals surface area contributed by atoms with Crippen LogP contribution < -0.4 is 0 Å². The highest BCUT2D eigenvalue weighted by molar-refractivity contribution is 5.33. The Balaban J connectivity index is 1.25. The Hall–Kier alpha value is -2.49. The molecule has 0 saturated carbocycles. The molecule has 1 fully saturated rings. The molecule has 3 aromatic rings. The number of aromatic nitrogens is 1. The zero-order chi connectivity index (χ0) is 21.8. The van der Waals surface area contributed by atoms with Crippen molar-refractivity contribution in [3.63, 3.8) is 0 Å². The van der Waals surface area contributed by atoms with Crippen LogP contribution in [0.1, 0.15) is 35.1 Å². The van der Waals surface area contributed by atoms with E-state index < -0.39 is 0 Å². The molecular formula is C29H35N3. The summed E-state index contributed by atoms with van der Waals surface area (Å²) in [6.45, 7) is 3.45. The van der Waals surface area contributed by atoms with E-state index in [1.807, 2.05) is 12.4 Å². The Morgan fingerprint density at radius 2 is 1.47 bits per heavy atom. The quantitative estimate of drug-likeness (QED) is 0.531. The van der Waals surface area contributed by atoms with Gasteiger partial charge >= 0.3 is 0 Å². The van der Waals surface area contributed by atoms with E-state index in [0.29, 0.717) is 12.1 Å². The maximum absolute atomic E-state index is 4.19. The van der Waals surface area contributed by atoms with Gasteiger partial charge in [-0.15, -0.1) is 0 Å². The molecule has 1 saturated heterocycles. The topological polar surface area (TPSA) is 19.4 Å². The molecule has 166 valence electrons. The third kappa shape index (κ3) is 4.95. The zero-order valence-corrected chi connectivity index (χ0v) is 19.2. The summed E-state index contributed by atoms with van der Waals surface area (Å²) < 4.78 is 0. The van der Waals surface area contributed by atoms with Crippen LogP contribution in [0.3, 0.4) is 0 Å². The highest BCUT2D eigenvalue weighted by Crippen LogP contribution is 2.32. The maximum atomic E-state index is 4.19. The van der Waals surface area contributed by atoms with Gasteiger partial charge in [0.15, 0.2) is 0 Å². The number of benzene rings is 2. The molecule has 0 spiro atoms. The maximum Gasteiger partial charge on any atom is 0.0271 e. The lowest BCUT2D eigenvalue weighted by Crippen LogP contribution is -2.48. The second kappa shape index (κ2) is 9.97. The van der Waals surface area contributed by atoms with Gasteiger partial charge in [0.25, 0.3) is 0 Å². The van der Waals surface area contributed by atoms with Crippen LogP contribution in [0.4, 0.5) is 0 Å². The molecule has 32 heavy (non-hydrogen) atoms. The number of pyridine rings is 1. The molecule has 0 radical (unpaired) electrons. The molecular weight excluding hydrogens is 390 g/mol. The van der Waals surface area contributed by atoms with Gasteiger partial charge in [0.05, 0.1) is 0 Å². The third-order valence-electron chi connectivity index (χ3n) is 7.70. The first-order valence-electron chi connectivity index (χ1n) is 12.2. The van der Waals surface area contributed by atoms with E-state index in [-0.39, 0.29) is 0 Å². The van der Waals surface area contributed by atoms with Gasteiger partial charge in [0.1, 0.15) is 0 Å². The minimum absolute atomic E-state index is 0.563. The van der Waals surface area contributed by atoms with Gasteiger partial charge in [-0.1, -0.05) is 54.6 Å². The summed E-state index contributed by atoms with van der Waals surface area (Å²) in [7, 11) is 2.31. The van der Waals surface area contributed by atoms with Crippen LogP contribution in [-0.4, -0.2) is 47.0 Å². The molecule has 2 aliphatic rings. The van der Waals surface area contributed by atoms with Crippen LogP contribution in [-0.2, 0) is 25.8 Å². The normalized spacial score (nSPS) is 18.7. The van der Waals surface area contributed by atoms with Crippen LogP contribution in [0, 0.1) is 5.92 Å². The van der Waals surface area contributed by atoms with Gasteiger partial charge in [0.2, 0.25) is 0 Å². The number of hydrogen-bond acceptors (Lipinski definition) is 3.